The molecule has 0 aliphatic rings. The average molecular weight is 161 g/mol. The Kier molecular flexibility index (Phi) is 3.48. The van der Waals surface area contributed by atoms with Crippen molar-refractivity contribution in [2.24, 2.45) is 5.41 Å². The molecule has 4 nitrogen and oxygen atoms in total. The van der Waals surface area contributed by atoms with Gasteiger partial charge in [-0.3, -0.25) is 4.79 Å². The molecule has 0 aromatic rings. The van der Waals surface area contributed by atoms with Gasteiger partial charge in [0.25, 0.3) is 0 Å². The van der Waals surface area contributed by atoms with Crippen LogP contribution in [0.4, 0.5) is 0 Å². The lowest BCUT2D eigenvalue weighted by Crippen LogP contribution is -2.44. The Morgan fingerprint density at radius 3 is 2.36 bits per heavy atom. The molecule has 4 heteroatoms. The van der Waals surface area contributed by atoms with E-state index < -0.39 is 17.4 Å². The summed E-state index contributed by atoms with van der Waals surface area (Å²) < 4.78 is 0. The maximum atomic E-state index is 10.8. The molecule has 1 amide bonds. The molecule has 0 radical (unpaired) electrons. The second-order valence-corrected chi connectivity index (χ2v) is 3.16. The number of carbonyl (C=O) groups is 1. The molecule has 0 aromatic heterocycles. The summed E-state index contributed by atoms with van der Waals surface area (Å²) >= 11 is 0. The van der Waals surface area contributed by atoms with Crippen LogP contribution >= 0.6 is 0 Å². The Morgan fingerprint density at radius 1 is 1.64 bits per heavy atom. The Bertz CT molecular complexity index is 145. The zero-order valence-electron chi connectivity index (χ0n) is 7.09. The highest BCUT2D eigenvalue weighted by atomic mass is 16.3. The lowest BCUT2D eigenvalue weighted by molar-refractivity contribution is -0.136. The molecule has 3 N–H and O–H groups in total. The molecule has 66 valence electrons. The largest absolute Gasteiger partial charge is 0.396 e. The van der Waals surface area contributed by atoms with E-state index in [-0.39, 0.29) is 6.61 Å². The third kappa shape index (κ3) is 2.48. The maximum absolute atomic E-state index is 10.8. The van der Waals surface area contributed by atoms with Crippen molar-refractivity contribution < 1.29 is 15.0 Å². The van der Waals surface area contributed by atoms with Gasteiger partial charge in [0.1, 0.15) is 6.10 Å². The van der Waals surface area contributed by atoms with Crippen molar-refractivity contribution in [1.29, 1.82) is 0 Å². The number of carbonyl (C=O) groups excluding carboxylic acids is 1. The fourth-order valence-electron chi connectivity index (χ4n) is 0.578. The van der Waals surface area contributed by atoms with Crippen LogP contribution in [0.1, 0.15) is 13.8 Å². The van der Waals surface area contributed by atoms with Crippen molar-refractivity contribution in [1.82, 2.24) is 5.32 Å². The molecule has 0 rings (SSSR count). The zero-order valence-corrected chi connectivity index (χ0v) is 7.09. The molecule has 1 atom stereocenters. The van der Waals surface area contributed by atoms with E-state index in [1.54, 1.807) is 13.8 Å². The van der Waals surface area contributed by atoms with Gasteiger partial charge in [0.05, 0.1) is 6.61 Å². The van der Waals surface area contributed by atoms with Crippen LogP contribution in [0, 0.1) is 5.41 Å². The van der Waals surface area contributed by atoms with Crippen molar-refractivity contribution in [3.8, 4) is 0 Å². The van der Waals surface area contributed by atoms with Crippen LogP contribution in [0.15, 0.2) is 0 Å². The van der Waals surface area contributed by atoms with Gasteiger partial charge in [0, 0.05) is 12.5 Å². The zero-order chi connectivity index (χ0) is 9.07. The molecular weight excluding hydrogens is 146 g/mol. The first-order valence-corrected chi connectivity index (χ1v) is 3.46. The van der Waals surface area contributed by atoms with Crippen LogP contribution in [-0.4, -0.2) is 35.9 Å². The summed E-state index contributed by atoms with van der Waals surface area (Å²) in [7, 11) is 1.44. The van der Waals surface area contributed by atoms with Crippen LogP contribution in [-0.2, 0) is 4.79 Å². The summed E-state index contributed by atoms with van der Waals surface area (Å²) in [5.74, 6) is -0.468. The van der Waals surface area contributed by atoms with Crippen molar-refractivity contribution in [2.45, 2.75) is 20.0 Å². The van der Waals surface area contributed by atoms with Crippen molar-refractivity contribution >= 4 is 5.91 Å². The van der Waals surface area contributed by atoms with Gasteiger partial charge in [0.2, 0.25) is 5.91 Å². The second kappa shape index (κ2) is 3.69. The molecular formula is C7H15NO3. The van der Waals surface area contributed by atoms with Gasteiger partial charge >= 0.3 is 0 Å². The van der Waals surface area contributed by atoms with Crippen LogP contribution in [0.2, 0.25) is 0 Å². The molecule has 0 fully saturated rings. The number of nitrogens with one attached hydrogen (secondary N) is 1. The molecule has 0 unspecified atom stereocenters. The molecule has 0 spiro atoms. The van der Waals surface area contributed by atoms with E-state index in [0.29, 0.717) is 0 Å². The molecule has 0 bridgehead atoms. The smallest absolute Gasteiger partial charge is 0.249 e. The normalized spacial score (nSPS) is 14.3. The van der Waals surface area contributed by atoms with E-state index in [0.717, 1.165) is 0 Å². The van der Waals surface area contributed by atoms with Gasteiger partial charge < -0.3 is 15.5 Å². The highest BCUT2D eigenvalue weighted by Gasteiger charge is 2.32. The van der Waals surface area contributed by atoms with Gasteiger partial charge in [-0.2, -0.15) is 0 Å². The molecule has 0 heterocycles. The Hall–Kier alpha value is -0.610. The SMILES string of the molecule is CNC(=O)[C@H](O)C(C)(C)CO. The summed E-state index contributed by atoms with van der Waals surface area (Å²) in [5, 5.41) is 20.3. The fraction of sp³-hybridized carbons (Fsp3) is 0.857. The first-order chi connectivity index (χ1) is 4.95. The summed E-state index contributed by atoms with van der Waals surface area (Å²) in [5.41, 5.74) is -0.778. The predicted octanol–water partition coefficient (Wildman–Crippen LogP) is -0.888. The van der Waals surface area contributed by atoms with Gasteiger partial charge in [0.15, 0.2) is 0 Å². The Balaban J connectivity index is 4.22. The van der Waals surface area contributed by atoms with Crippen LogP contribution < -0.4 is 5.32 Å². The first-order valence-electron chi connectivity index (χ1n) is 3.46. The number of rotatable bonds is 3. The summed E-state index contributed by atoms with van der Waals surface area (Å²) in [4.78, 5) is 10.8. The predicted molar refractivity (Wildman–Crippen MR) is 40.9 cm³/mol. The summed E-state index contributed by atoms with van der Waals surface area (Å²) in [6, 6.07) is 0. The first kappa shape index (κ1) is 10.4. The highest BCUT2D eigenvalue weighted by Crippen LogP contribution is 2.19. The van der Waals surface area contributed by atoms with Gasteiger partial charge in [-0.05, 0) is 0 Å². The van der Waals surface area contributed by atoms with E-state index in [9.17, 15) is 9.90 Å². The number of amides is 1. The quantitative estimate of drug-likeness (QED) is 0.503. The van der Waals surface area contributed by atoms with E-state index >= 15 is 0 Å². The molecule has 0 aliphatic carbocycles. The minimum Gasteiger partial charge on any atom is -0.396 e. The standard InChI is InChI=1S/C7H15NO3/c1-7(2,4-9)5(10)6(11)8-3/h5,9-10H,4H2,1-3H3,(H,8,11)/t5-/m0/s1. The van der Waals surface area contributed by atoms with Crippen LogP contribution in [0.3, 0.4) is 0 Å². The monoisotopic (exact) mass is 161 g/mol. The number of aliphatic hydroxyl groups is 2. The maximum Gasteiger partial charge on any atom is 0.249 e. The van der Waals surface area contributed by atoms with E-state index in [1.807, 2.05) is 0 Å². The van der Waals surface area contributed by atoms with Crippen LogP contribution in [0.5, 0.6) is 0 Å². The van der Waals surface area contributed by atoms with Gasteiger partial charge in [-0.1, -0.05) is 13.8 Å². The number of hydrogen-bond donors (Lipinski definition) is 3. The van der Waals surface area contributed by atoms with Crippen molar-refractivity contribution in [2.75, 3.05) is 13.7 Å². The molecule has 0 saturated heterocycles. The Labute approximate surface area is 66.2 Å². The van der Waals surface area contributed by atoms with Crippen LogP contribution in [0.25, 0.3) is 0 Å². The third-order valence-corrected chi connectivity index (χ3v) is 1.64. The fourth-order valence-corrected chi connectivity index (χ4v) is 0.578. The average Bonchev–Trinajstić information content (AvgIpc) is 2.01. The summed E-state index contributed by atoms with van der Waals surface area (Å²) in [6.45, 7) is 3.02. The molecule has 0 aliphatic heterocycles. The lowest BCUT2D eigenvalue weighted by atomic mass is 9.87. The lowest BCUT2D eigenvalue weighted by Gasteiger charge is -2.26. The topological polar surface area (TPSA) is 69.6 Å². The van der Waals surface area contributed by atoms with E-state index in [4.69, 9.17) is 5.11 Å². The molecule has 0 aromatic carbocycles. The molecule has 0 saturated carbocycles. The second-order valence-electron chi connectivity index (χ2n) is 3.16. The third-order valence-electron chi connectivity index (χ3n) is 1.64. The minimum absolute atomic E-state index is 0.221. The summed E-state index contributed by atoms with van der Waals surface area (Å²) in [6.07, 6.45) is -1.16. The van der Waals surface area contributed by atoms with Gasteiger partial charge in [-0.15, -0.1) is 0 Å². The number of aliphatic hydroxyl groups excluding tert-OH is 2. The van der Waals surface area contributed by atoms with Crippen molar-refractivity contribution in [3.63, 3.8) is 0 Å². The Morgan fingerprint density at radius 2 is 2.09 bits per heavy atom. The molecule has 11 heavy (non-hydrogen) atoms. The van der Waals surface area contributed by atoms with E-state index in [1.165, 1.54) is 7.05 Å². The van der Waals surface area contributed by atoms with E-state index in [2.05, 4.69) is 5.32 Å². The highest BCUT2D eigenvalue weighted by molar-refractivity contribution is 5.80. The number of hydrogen-bond acceptors (Lipinski definition) is 3. The minimum atomic E-state index is -1.16. The van der Waals surface area contributed by atoms with Crippen molar-refractivity contribution in [3.05, 3.63) is 0 Å². The van der Waals surface area contributed by atoms with Gasteiger partial charge in [-0.25, -0.2) is 0 Å². The number of likely N-dealkylation sites (N-methyl/N-ethyl adjacent to an activating group) is 1.